The van der Waals surface area contributed by atoms with Crippen molar-refractivity contribution in [2.24, 2.45) is 0 Å². The largest absolute Gasteiger partial charge is 0.382 e. The quantitative estimate of drug-likeness (QED) is 0.879. The van der Waals surface area contributed by atoms with Gasteiger partial charge in [-0.3, -0.25) is 4.79 Å². The Labute approximate surface area is 119 Å². The van der Waals surface area contributed by atoms with Gasteiger partial charge in [-0.15, -0.1) is 0 Å². The second-order valence-electron chi connectivity index (χ2n) is 4.42. The maximum Gasteiger partial charge on any atom is 0.258 e. The van der Waals surface area contributed by atoms with Crippen LogP contribution in [0.3, 0.4) is 0 Å². The summed E-state index contributed by atoms with van der Waals surface area (Å²) in [5, 5.41) is 0. The fourth-order valence-corrected chi connectivity index (χ4v) is 2.63. The number of fused-ring (bicyclic) bond motifs is 1. The summed E-state index contributed by atoms with van der Waals surface area (Å²) in [6.45, 7) is 0.623. The number of carbonyl (C=O) groups excluding carboxylic acids is 1. The molecule has 0 aliphatic carbocycles. The minimum Gasteiger partial charge on any atom is -0.382 e. The van der Waals surface area contributed by atoms with Gasteiger partial charge in [0.05, 0.1) is 5.69 Å². The molecule has 0 bridgehead atoms. The molecular weight excluding hydrogens is 306 g/mol. The highest BCUT2D eigenvalue weighted by Crippen LogP contribution is 2.29. The fraction of sp³-hybridized carbons (Fsp3) is 0.143. The zero-order chi connectivity index (χ0) is 13.4. The standard InChI is InChI=1S/C14H12BrN3O/c15-10-7-12(13(16)17-8-10)18-6-5-9-3-1-2-4-11(9)14(18)19/h1-4,7-8H,5-6H2,(H2,16,17). The first-order chi connectivity index (χ1) is 9.16. The first-order valence-corrected chi connectivity index (χ1v) is 6.77. The molecule has 2 aromatic rings. The monoisotopic (exact) mass is 317 g/mol. The Morgan fingerprint density at radius 3 is 2.95 bits per heavy atom. The van der Waals surface area contributed by atoms with Crippen molar-refractivity contribution < 1.29 is 4.79 Å². The first-order valence-electron chi connectivity index (χ1n) is 5.97. The van der Waals surface area contributed by atoms with E-state index in [2.05, 4.69) is 20.9 Å². The predicted molar refractivity (Wildman–Crippen MR) is 78.2 cm³/mol. The zero-order valence-corrected chi connectivity index (χ0v) is 11.7. The molecule has 2 heterocycles. The van der Waals surface area contributed by atoms with Gasteiger partial charge in [0.25, 0.3) is 5.91 Å². The molecule has 3 rings (SSSR count). The molecule has 1 aromatic carbocycles. The Kier molecular flexibility index (Phi) is 2.98. The number of hydrogen-bond acceptors (Lipinski definition) is 3. The van der Waals surface area contributed by atoms with E-state index >= 15 is 0 Å². The van der Waals surface area contributed by atoms with E-state index in [0.717, 1.165) is 22.0 Å². The molecule has 2 N–H and O–H groups in total. The number of rotatable bonds is 1. The molecule has 0 atom stereocenters. The van der Waals surface area contributed by atoms with Crippen LogP contribution in [0.2, 0.25) is 0 Å². The summed E-state index contributed by atoms with van der Waals surface area (Å²) in [4.78, 5) is 18.3. The minimum absolute atomic E-state index is 0.0200. The molecule has 0 saturated carbocycles. The minimum atomic E-state index is -0.0200. The van der Waals surface area contributed by atoms with E-state index in [0.29, 0.717) is 18.1 Å². The van der Waals surface area contributed by atoms with Gasteiger partial charge in [0.1, 0.15) is 5.82 Å². The molecule has 1 aliphatic rings. The van der Waals surface area contributed by atoms with Crippen molar-refractivity contribution in [3.63, 3.8) is 0 Å². The van der Waals surface area contributed by atoms with Gasteiger partial charge in [-0.05, 0) is 40.0 Å². The SMILES string of the molecule is Nc1ncc(Br)cc1N1CCc2ccccc2C1=O. The molecule has 0 spiro atoms. The van der Waals surface area contributed by atoms with E-state index in [9.17, 15) is 4.79 Å². The Hall–Kier alpha value is -1.88. The highest BCUT2D eigenvalue weighted by molar-refractivity contribution is 9.10. The van der Waals surface area contributed by atoms with Crippen molar-refractivity contribution >= 4 is 33.3 Å². The molecule has 1 amide bonds. The second-order valence-corrected chi connectivity index (χ2v) is 5.34. The molecular formula is C14H12BrN3O. The molecule has 0 unspecified atom stereocenters. The number of halogens is 1. The van der Waals surface area contributed by atoms with Gasteiger partial charge >= 0.3 is 0 Å². The lowest BCUT2D eigenvalue weighted by Crippen LogP contribution is -2.38. The van der Waals surface area contributed by atoms with Crippen molar-refractivity contribution in [1.82, 2.24) is 4.98 Å². The summed E-state index contributed by atoms with van der Waals surface area (Å²) in [7, 11) is 0. The van der Waals surface area contributed by atoms with Crippen LogP contribution in [0.1, 0.15) is 15.9 Å². The lowest BCUT2D eigenvalue weighted by molar-refractivity contribution is 0.0980. The van der Waals surface area contributed by atoms with Crippen molar-refractivity contribution in [2.75, 3.05) is 17.2 Å². The van der Waals surface area contributed by atoms with Crippen LogP contribution in [0.5, 0.6) is 0 Å². The number of amides is 1. The number of aromatic nitrogens is 1. The molecule has 1 aliphatic heterocycles. The summed E-state index contributed by atoms with van der Waals surface area (Å²) in [6.07, 6.45) is 2.45. The van der Waals surface area contributed by atoms with Gasteiger partial charge in [-0.1, -0.05) is 18.2 Å². The van der Waals surface area contributed by atoms with Gasteiger partial charge in [0.15, 0.2) is 0 Å². The predicted octanol–water partition coefficient (Wildman–Crippen LogP) is 2.63. The lowest BCUT2D eigenvalue weighted by atomic mass is 9.99. The van der Waals surface area contributed by atoms with Crippen LogP contribution in [0.4, 0.5) is 11.5 Å². The van der Waals surface area contributed by atoms with E-state index in [1.807, 2.05) is 30.3 Å². The van der Waals surface area contributed by atoms with Crippen molar-refractivity contribution in [2.45, 2.75) is 6.42 Å². The van der Waals surface area contributed by atoms with Gasteiger partial charge in [0, 0.05) is 22.8 Å². The molecule has 4 nitrogen and oxygen atoms in total. The van der Waals surface area contributed by atoms with Crippen LogP contribution in [0.25, 0.3) is 0 Å². The van der Waals surface area contributed by atoms with E-state index < -0.39 is 0 Å². The Morgan fingerprint density at radius 1 is 1.32 bits per heavy atom. The van der Waals surface area contributed by atoms with Crippen molar-refractivity contribution in [1.29, 1.82) is 0 Å². The molecule has 0 radical (unpaired) electrons. The normalized spacial score (nSPS) is 14.4. The van der Waals surface area contributed by atoms with Crippen LogP contribution < -0.4 is 10.6 Å². The topological polar surface area (TPSA) is 59.2 Å². The Balaban J connectivity index is 2.05. The second kappa shape index (κ2) is 4.66. The maximum atomic E-state index is 12.5. The summed E-state index contributed by atoms with van der Waals surface area (Å²) < 4.78 is 0.809. The summed E-state index contributed by atoms with van der Waals surface area (Å²) >= 11 is 3.36. The third kappa shape index (κ3) is 2.10. The van der Waals surface area contributed by atoms with E-state index in [1.165, 1.54) is 0 Å². The highest BCUT2D eigenvalue weighted by atomic mass is 79.9. The van der Waals surface area contributed by atoms with Crippen LogP contribution in [0.15, 0.2) is 41.0 Å². The first kappa shape index (κ1) is 12.2. The summed E-state index contributed by atoms with van der Waals surface area (Å²) in [5.74, 6) is 0.351. The molecule has 0 saturated heterocycles. The number of nitrogen functional groups attached to an aromatic ring is 1. The maximum absolute atomic E-state index is 12.5. The number of benzene rings is 1. The highest BCUT2D eigenvalue weighted by Gasteiger charge is 2.26. The number of nitrogens with zero attached hydrogens (tertiary/aromatic N) is 2. The van der Waals surface area contributed by atoms with E-state index in [1.54, 1.807) is 11.1 Å². The number of carbonyl (C=O) groups is 1. The third-order valence-electron chi connectivity index (χ3n) is 3.25. The van der Waals surface area contributed by atoms with Gasteiger partial charge < -0.3 is 10.6 Å². The van der Waals surface area contributed by atoms with Crippen LogP contribution in [-0.2, 0) is 6.42 Å². The molecule has 5 heteroatoms. The molecule has 96 valence electrons. The number of pyridine rings is 1. The zero-order valence-electron chi connectivity index (χ0n) is 10.1. The molecule has 1 aromatic heterocycles. The summed E-state index contributed by atoms with van der Waals surface area (Å²) in [5.41, 5.74) is 8.37. The Morgan fingerprint density at radius 2 is 2.11 bits per heavy atom. The number of anilines is 2. The smallest absolute Gasteiger partial charge is 0.258 e. The average Bonchev–Trinajstić information content (AvgIpc) is 2.43. The van der Waals surface area contributed by atoms with Crippen LogP contribution >= 0.6 is 15.9 Å². The molecule has 0 fully saturated rings. The number of nitrogens with two attached hydrogens (primary N) is 1. The van der Waals surface area contributed by atoms with Crippen LogP contribution in [-0.4, -0.2) is 17.4 Å². The average molecular weight is 318 g/mol. The van der Waals surface area contributed by atoms with Crippen molar-refractivity contribution in [3.8, 4) is 0 Å². The number of hydrogen-bond donors (Lipinski definition) is 1. The van der Waals surface area contributed by atoms with Crippen molar-refractivity contribution in [3.05, 3.63) is 52.1 Å². The lowest BCUT2D eigenvalue weighted by Gasteiger charge is -2.29. The van der Waals surface area contributed by atoms with E-state index in [4.69, 9.17) is 5.73 Å². The fourth-order valence-electron chi connectivity index (χ4n) is 2.31. The van der Waals surface area contributed by atoms with Gasteiger partial charge in [-0.25, -0.2) is 4.98 Å². The van der Waals surface area contributed by atoms with E-state index in [-0.39, 0.29) is 5.91 Å². The van der Waals surface area contributed by atoms with Crippen LogP contribution in [0, 0.1) is 0 Å². The molecule has 19 heavy (non-hydrogen) atoms. The van der Waals surface area contributed by atoms with Gasteiger partial charge in [0.2, 0.25) is 0 Å². The Bertz CT molecular complexity index is 657. The third-order valence-corrected chi connectivity index (χ3v) is 3.69. The summed E-state index contributed by atoms with van der Waals surface area (Å²) in [6, 6.07) is 9.51. The van der Waals surface area contributed by atoms with Gasteiger partial charge in [-0.2, -0.15) is 0 Å².